The molecular formula is C8H4Cl3N5O. The summed E-state index contributed by atoms with van der Waals surface area (Å²) in [6, 6.07) is 2.92. The van der Waals surface area contributed by atoms with Gasteiger partial charge in [-0.3, -0.25) is 4.79 Å². The van der Waals surface area contributed by atoms with Crippen molar-refractivity contribution in [1.29, 1.82) is 0 Å². The number of nitrogens with zero attached hydrogens (tertiary/aromatic N) is 3. The van der Waals surface area contributed by atoms with E-state index in [0.29, 0.717) is 5.02 Å². The molecule has 1 aromatic carbocycles. The molecule has 1 heterocycles. The monoisotopic (exact) mass is 291 g/mol. The van der Waals surface area contributed by atoms with E-state index >= 15 is 0 Å². The molecule has 88 valence electrons. The summed E-state index contributed by atoms with van der Waals surface area (Å²) < 4.78 is 0. The quantitative estimate of drug-likeness (QED) is 0.890. The topological polar surface area (TPSA) is 83.6 Å². The van der Waals surface area contributed by atoms with Crippen molar-refractivity contribution in [2.75, 3.05) is 5.32 Å². The number of carbonyl (C=O) groups excluding carboxylic acids is 1. The molecule has 0 aliphatic carbocycles. The van der Waals surface area contributed by atoms with E-state index in [2.05, 4.69) is 25.9 Å². The highest BCUT2D eigenvalue weighted by Crippen LogP contribution is 2.33. The van der Waals surface area contributed by atoms with E-state index in [4.69, 9.17) is 34.8 Å². The molecule has 0 unspecified atom stereocenters. The van der Waals surface area contributed by atoms with Crippen LogP contribution in [0, 0.1) is 0 Å². The van der Waals surface area contributed by atoms with Gasteiger partial charge < -0.3 is 5.32 Å². The maximum absolute atomic E-state index is 11.6. The Morgan fingerprint density at radius 2 is 1.88 bits per heavy atom. The summed E-state index contributed by atoms with van der Waals surface area (Å²) in [6.45, 7) is 0. The van der Waals surface area contributed by atoms with Gasteiger partial charge in [-0.1, -0.05) is 34.8 Å². The van der Waals surface area contributed by atoms with Crippen LogP contribution < -0.4 is 5.32 Å². The van der Waals surface area contributed by atoms with Crippen LogP contribution in [0.1, 0.15) is 10.6 Å². The Morgan fingerprint density at radius 1 is 1.24 bits per heavy atom. The van der Waals surface area contributed by atoms with Crippen molar-refractivity contribution in [3.05, 3.63) is 33.0 Å². The molecule has 0 bridgehead atoms. The van der Waals surface area contributed by atoms with Crippen molar-refractivity contribution >= 4 is 46.4 Å². The van der Waals surface area contributed by atoms with E-state index in [1.54, 1.807) is 0 Å². The maximum atomic E-state index is 11.6. The highest BCUT2D eigenvalue weighted by molar-refractivity contribution is 6.42. The Hall–Kier alpha value is -1.37. The molecule has 0 saturated heterocycles. The average molecular weight is 293 g/mol. The Kier molecular flexibility index (Phi) is 3.46. The number of nitrogens with one attached hydrogen (secondary N) is 2. The zero-order chi connectivity index (χ0) is 12.4. The van der Waals surface area contributed by atoms with Crippen LogP contribution in [0.2, 0.25) is 15.1 Å². The maximum Gasteiger partial charge on any atom is 0.297 e. The molecule has 2 aromatic rings. The number of anilines is 1. The fourth-order valence-corrected chi connectivity index (χ4v) is 2.00. The largest absolute Gasteiger partial charge is 0.317 e. The predicted molar refractivity (Wildman–Crippen MR) is 63.6 cm³/mol. The van der Waals surface area contributed by atoms with Gasteiger partial charge in [0.2, 0.25) is 0 Å². The van der Waals surface area contributed by atoms with Crippen molar-refractivity contribution in [2.45, 2.75) is 0 Å². The number of aromatic amines is 1. The Labute approximate surface area is 110 Å². The predicted octanol–water partition coefficient (Wildman–Crippen LogP) is 2.41. The number of halogens is 3. The summed E-state index contributed by atoms with van der Waals surface area (Å²) in [5.74, 6) is -0.697. The van der Waals surface area contributed by atoms with Crippen molar-refractivity contribution in [3.63, 3.8) is 0 Å². The van der Waals surface area contributed by atoms with Crippen molar-refractivity contribution in [2.24, 2.45) is 0 Å². The third kappa shape index (κ3) is 2.66. The molecule has 2 rings (SSSR count). The molecule has 0 aliphatic rings. The minimum atomic E-state index is -0.579. The third-order valence-electron chi connectivity index (χ3n) is 1.79. The molecule has 1 aromatic heterocycles. The first kappa shape index (κ1) is 12.1. The first-order valence-electron chi connectivity index (χ1n) is 4.27. The lowest BCUT2D eigenvalue weighted by Gasteiger charge is -2.07. The molecule has 0 atom stereocenters. The van der Waals surface area contributed by atoms with Crippen LogP contribution in [0.5, 0.6) is 0 Å². The molecule has 0 radical (unpaired) electrons. The first-order valence-corrected chi connectivity index (χ1v) is 5.40. The molecule has 6 nitrogen and oxygen atoms in total. The summed E-state index contributed by atoms with van der Waals surface area (Å²) in [6.07, 6.45) is 0. The van der Waals surface area contributed by atoms with Gasteiger partial charge in [0.25, 0.3) is 11.7 Å². The Balaban J connectivity index is 2.28. The lowest BCUT2D eigenvalue weighted by atomic mass is 10.3. The number of rotatable bonds is 2. The minimum absolute atomic E-state index is 0.118. The molecule has 0 spiro atoms. The minimum Gasteiger partial charge on any atom is -0.317 e. The number of carbonyl (C=O) groups is 1. The van der Waals surface area contributed by atoms with Crippen molar-refractivity contribution in [3.8, 4) is 0 Å². The number of amides is 1. The zero-order valence-electron chi connectivity index (χ0n) is 8.04. The normalized spacial score (nSPS) is 10.3. The van der Waals surface area contributed by atoms with Crippen LogP contribution in [0.15, 0.2) is 12.1 Å². The standard InChI is InChI=1S/C8H4Cl3N5O/c9-3-1-4(10)6(5(11)2-3)12-8(17)7-13-15-16-14-7/h1-2H,(H,12,17)(H,13,14,15,16). The summed E-state index contributed by atoms with van der Waals surface area (Å²) in [7, 11) is 0. The van der Waals surface area contributed by atoms with Crippen LogP contribution >= 0.6 is 34.8 Å². The first-order chi connectivity index (χ1) is 8.08. The summed E-state index contributed by atoms with van der Waals surface area (Å²) in [5.41, 5.74) is 0.243. The number of H-pyrrole nitrogens is 1. The van der Waals surface area contributed by atoms with E-state index in [1.165, 1.54) is 12.1 Å². The summed E-state index contributed by atoms with van der Waals surface area (Å²) in [5, 5.41) is 15.7. The van der Waals surface area contributed by atoms with Crippen LogP contribution in [0.4, 0.5) is 5.69 Å². The van der Waals surface area contributed by atoms with Crippen molar-refractivity contribution in [1.82, 2.24) is 20.6 Å². The van der Waals surface area contributed by atoms with Gasteiger partial charge in [-0.25, -0.2) is 0 Å². The molecule has 2 N–H and O–H groups in total. The number of hydrogen-bond acceptors (Lipinski definition) is 4. The SMILES string of the molecule is O=C(Nc1c(Cl)cc(Cl)cc1Cl)c1nn[nH]n1. The fraction of sp³-hybridized carbons (Fsp3) is 0. The average Bonchev–Trinajstić information content (AvgIpc) is 2.76. The van der Waals surface area contributed by atoms with Crippen LogP contribution in [0.3, 0.4) is 0 Å². The molecule has 17 heavy (non-hydrogen) atoms. The molecular weight excluding hydrogens is 288 g/mol. The van der Waals surface area contributed by atoms with E-state index in [-0.39, 0.29) is 21.6 Å². The van der Waals surface area contributed by atoms with E-state index < -0.39 is 5.91 Å². The second-order valence-electron chi connectivity index (χ2n) is 2.93. The van der Waals surface area contributed by atoms with Gasteiger partial charge in [0.15, 0.2) is 0 Å². The van der Waals surface area contributed by atoms with Gasteiger partial charge in [-0.05, 0) is 17.3 Å². The number of tetrazole rings is 1. The highest BCUT2D eigenvalue weighted by atomic mass is 35.5. The molecule has 9 heteroatoms. The zero-order valence-corrected chi connectivity index (χ0v) is 10.3. The van der Waals surface area contributed by atoms with Gasteiger partial charge in [-0.15, -0.1) is 10.2 Å². The molecule has 0 fully saturated rings. The smallest absolute Gasteiger partial charge is 0.297 e. The van der Waals surface area contributed by atoms with E-state index in [1.807, 2.05) is 0 Å². The van der Waals surface area contributed by atoms with E-state index in [0.717, 1.165) is 0 Å². The van der Waals surface area contributed by atoms with Gasteiger partial charge in [0.05, 0.1) is 15.7 Å². The van der Waals surface area contributed by atoms with Crippen LogP contribution in [-0.2, 0) is 0 Å². The van der Waals surface area contributed by atoms with Gasteiger partial charge in [0, 0.05) is 5.02 Å². The van der Waals surface area contributed by atoms with E-state index in [9.17, 15) is 4.79 Å². The van der Waals surface area contributed by atoms with Crippen molar-refractivity contribution < 1.29 is 4.79 Å². The van der Waals surface area contributed by atoms with Crippen LogP contribution in [0.25, 0.3) is 0 Å². The Bertz CT molecular complexity index is 533. The number of aromatic nitrogens is 4. The summed E-state index contributed by atoms with van der Waals surface area (Å²) in [4.78, 5) is 11.6. The highest BCUT2D eigenvalue weighted by Gasteiger charge is 2.15. The van der Waals surface area contributed by atoms with Gasteiger partial charge >= 0.3 is 0 Å². The van der Waals surface area contributed by atoms with Gasteiger partial charge in [0.1, 0.15) is 0 Å². The molecule has 0 aliphatic heterocycles. The molecule has 0 saturated carbocycles. The van der Waals surface area contributed by atoms with Gasteiger partial charge in [-0.2, -0.15) is 5.21 Å². The Morgan fingerprint density at radius 3 is 2.41 bits per heavy atom. The fourth-order valence-electron chi connectivity index (χ4n) is 1.09. The molecule has 1 amide bonds. The van der Waals surface area contributed by atoms with Crippen LogP contribution in [-0.4, -0.2) is 26.5 Å². The second kappa shape index (κ2) is 4.87. The summed E-state index contributed by atoms with van der Waals surface area (Å²) >= 11 is 17.5. The second-order valence-corrected chi connectivity index (χ2v) is 4.18. The lowest BCUT2D eigenvalue weighted by molar-refractivity contribution is 0.101. The lowest BCUT2D eigenvalue weighted by Crippen LogP contribution is -2.14. The number of hydrogen-bond donors (Lipinski definition) is 2. The number of benzene rings is 1. The third-order valence-corrected chi connectivity index (χ3v) is 2.61.